The number of hydrogen-bond acceptors (Lipinski definition) is 5. The minimum atomic E-state index is -0.430. The molecule has 1 amide bonds. The smallest absolute Gasteiger partial charge is 0.305 e. The first-order valence-electron chi connectivity index (χ1n) is 7.88. The van der Waals surface area contributed by atoms with Crippen LogP contribution in [0, 0.1) is 0 Å². The van der Waals surface area contributed by atoms with Gasteiger partial charge in [-0.2, -0.15) is 0 Å². The van der Waals surface area contributed by atoms with E-state index in [0.29, 0.717) is 29.8 Å². The number of benzene rings is 1. The summed E-state index contributed by atoms with van der Waals surface area (Å²) in [6, 6.07) is 10.7. The highest BCUT2D eigenvalue weighted by Crippen LogP contribution is 2.18. The van der Waals surface area contributed by atoms with Gasteiger partial charge in [0.2, 0.25) is 0 Å². The Bertz CT molecular complexity index is 721. The number of rotatable bonds is 8. The Hall–Kier alpha value is -2.10. The molecule has 2 aromatic rings. The lowest BCUT2D eigenvalue weighted by Crippen LogP contribution is -2.47. The molecule has 0 saturated heterocycles. The van der Waals surface area contributed by atoms with Crippen LogP contribution in [0.3, 0.4) is 0 Å². The predicted molar refractivity (Wildman–Crippen MR) is 105 cm³/mol. The SMILES string of the molecule is COCCCNC(=S)NNC(=O)c1ccc(COc2ccc(Br)cc2)o1. The fourth-order valence-electron chi connectivity index (χ4n) is 1.90. The van der Waals surface area contributed by atoms with Crippen LogP contribution in [0.25, 0.3) is 0 Å². The van der Waals surface area contributed by atoms with E-state index >= 15 is 0 Å². The van der Waals surface area contributed by atoms with Gasteiger partial charge in [-0.25, -0.2) is 0 Å². The molecular weight excluding hydrogens is 422 g/mol. The van der Waals surface area contributed by atoms with E-state index in [2.05, 4.69) is 32.1 Å². The third kappa shape index (κ3) is 7.03. The van der Waals surface area contributed by atoms with Crippen molar-refractivity contribution in [3.05, 3.63) is 52.4 Å². The van der Waals surface area contributed by atoms with Crippen molar-refractivity contribution in [3.8, 4) is 5.75 Å². The van der Waals surface area contributed by atoms with E-state index in [4.69, 9.17) is 26.1 Å². The zero-order valence-electron chi connectivity index (χ0n) is 14.2. The van der Waals surface area contributed by atoms with Gasteiger partial charge in [0.25, 0.3) is 0 Å². The molecule has 0 radical (unpaired) electrons. The monoisotopic (exact) mass is 441 g/mol. The van der Waals surface area contributed by atoms with E-state index in [1.54, 1.807) is 19.2 Å². The van der Waals surface area contributed by atoms with Crippen molar-refractivity contribution in [3.63, 3.8) is 0 Å². The summed E-state index contributed by atoms with van der Waals surface area (Å²) in [5, 5.41) is 3.26. The molecule has 140 valence electrons. The van der Waals surface area contributed by atoms with Crippen molar-refractivity contribution >= 4 is 39.2 Å². The van der Waals surface area contributed by atoms with Gasteiger partial charge < -0.3 is 19.2 Å². The molecule has 2 rings (SSSR count). The average Bonchev–Trinajstić information content (AvgIpc) is 3.12. The zero-order chi connectivity index (χ0) is 18.8. The van der Waals surface area contributed by atoms with Crippen LogP contribution in [-0.4, -0.2) is 31.3 Å². The summed E-state index contributed by atoms with van der Waals surface area (Å²) < 4.78 is 17.0. The molecule has 0 fully saturated rings. The summed E-state index contributed by atoms with van der Waals surface area (Å²) in [5.41, 5.74) is 5.08. The van der Waals surface area contributed by atoms with Crippen LogP contribution in [0.2, 0.25) is 0 Å². The second kappa shape index (κ2) is 10.8. The van der Waals surface area contributed by atoms with Gasteiger partial charge in [-0.15, -0.1) is 0 Å². The van der Waals surface area contributed by atoms with Crippen LogP contribution in [-0.2, 0) is 11.3 Å². The maximum Gasteiger partial charge on any atom is 0.305 e. The summed E-state index contributed by atoms with van der Waals surface area (Å²) >= 11 is 8.41. The molecule has 26 heavy (non-hydrogen) atoms. The lowest BCUT2D eigenvalue weighted by Gasteiger charge is -2.10. The van der Waals surface area contributed by atoms with Crippen LogP contribution >= 0.6 is 28.1 Å². The van der Waals surface area contributed by atoms with Gasteiger partial charge in [0, 0.05) is 24.7 Å². The number of carbonyl (C=O) groups excluding carboxylic acids is 1. The summed E-state index contributed by atoms with van der Waals surface area (Å²) in [6.07, 6.45) is 0.812. The average molecular weight is 442 g/mol. The Kier molecular flexibility index (Phi) is 8.39. The van der Waals surface area contributed by atoms with Gasteiger partial charge in [0.05, 0.1) is 0 Å². The summed E-state index contributed by atoms with van der Waals surface area (Å²) in [7, 11) is 1.64. The summed E-state index contributed by atoms with van der Waals surface area (Å²) in [5.74, 6) is 0.982. The molecule has 0 saturated carbocycles. The highest BCUT2D eigenvalue weighted by Gasteiger charge is 2.11. The number of halogens is 1. The molecule has 0 bridgehead atoms. The van der Waals surface area contributed by atoms with E-state index in [0.717, 1.165) is 10.9 Å². The molecule has 0 unspecified atom stereocenters. The van der Waals surface area contributed by atoms with Crippen LogP contribution < -0.4 is 20.9 Å². The van der Waals surface area contributed by atoms with Crippen molar-refractivity contribution in [2.45, 2.75) is 13.0 Å². The maximum absolute atomic E-state index is 12.0. The number of carbonyl (C=O) groups is 1. The fourth-order valence-corrected chi connectivity index (χ4v) is 2.32. The van der Waals surface area contributed by atoms with E-state index in [-0.39, 0.29) is 12.4 Å². The van der Waals surface area contributed by atoms with Crippen molar-refractivity contribution in [1.82, 2.24) is 16.2 Å². The first-order valence-corrected chi connectivity index (χ1v) is 9.09. The molecule has 1 aromatic heterocycles. The van der Waals surface area contributed by atoms with E-state index in [1.165, 1.54) is 0 Å². The Balaban J connectivity index is 1.73. The van der Waals surface area contributed by atoms with Gasteiger partial charge >= 0.3 is 5.91 Å². The first-order chi connectivity index (χ1) is 12.6. The molecule has 0 aliphatic rings. The lowest BCUT2D eigenvalue weighted by molar-refractivity contribution is 0.0911. The van der Waals surface area contributed by atoms with Crippen LogP contribution in [0.4, 0.5) is 0 Å². The third-order valence-electron chi connectivity index (χ3n) is 3.18. The topological polar surface area (TPSA) is 84.8 Å². The normalized spacial score (nSPS) is 10.2. The first kappa shape index (κ1) is 20.2. The van der Waals surface area contributed by atoms with E-state index in [9.17, 15) is 4.79 Å². The molecule has 0 atom stereocenters. The molecule has 0 spiro atoms. The minimum Gasteiger partial charge on any atom is -0.486 e. The van der Waals surface area contributed by atoms with Gasteiger partial charge in [-0.1, -0.05) is 15.9 Å². The zero-order valence-corrected chi connectivity index (χ0v) is 16.6. The Morgan fingerprint density at radius 1 is 1.19 bits per heavy atom. The van der Waals surface area contributed by atoms with Crippen LogP contribution in [0.1, 0.15) is 22.7 Å². The van der Waals surface area contributed by atoms with Crippen molar-refractivity contribution in [1.29, 1.82) is 0 Å². The summed E-state index contributed by atoms with van der Waals surface area (Å²) in [6.45, 7) is 1.51. The largest absolute Gasteiger partial charge is 0.486 e. The lowest BCUT2D eigenvalue weighted by atomic mass is 10.3. The van der Waals surface area contributed by atoms with Crippen molar-refractivity contribution in [2.24, 2.45) is 0 Å². The number of methoxy groups -OCH3 is 1. The molecule has 9 heteroatoms. The number of furan rings is 1. The van der Waals surface area contributed by atoms with Gasteiger partial charge in [-0.3, -0.25) is 15.6 Å². The molecule has 1 aromatic carbocycles. The van der Waals surface area contributed by atoms with Gasteiger partial charge in [0.15, 0.2) is 10.9 Å². The molecule has 7 nitrogen and oxygen atoms in total. The Morgan fingerprint density at radius 3 is 2.69 bits per heavy atom. The predicted octanol–water partition coefficient (Wildman–Crippen LogP) is 2.77. The van der Waals surface area contributed by atoms with Crippen LogP contribution in [0.15, 0.2) is 45.3 Å². The van der Waals surface area contributed by atoms with Crippen molar-refractivity contribution < 1.29 is 18.7 Å². The van der Waals surface area contributed by atoms with Crippen molar-refractivity contribution in [2.75, 3.05) is 20.3 Å². The molecule has 0 aliphatic heterocycles. The van der Waals surface area contributed by atoms with E-state index in [1.807, 2.05) is 24.3 Å². The second-order valence-electron chi connectivity index (χ2n) is 5.19. The van der Waals surface area contributed by atoms with E-state index < -0.39 is 5.91 Å². The number of hydrazine groups is 1. The second-order valence-corrected chi connectivity index (χ2v) is 6.51. The number of ether oxygens (including phenoxy) is 2. The molecule has 3 N–H and O–H groups in total. The van der Waals surface area contributed by atoms with Gasteiger partial charge in [0.1, 0.15) is 18.1 Å². The number of nitrogens with one attached hydrogen (secondary N) is 3. The highest BCUT2D eigenvalue weighted by atomic mass is 79.9. The third-order valence-corrected chi connectivity index (χ3v) is 3.96. The molecule has 1 heterocycles. The maximum atomic E-state index is 12.0. The standard InChI is InChI=1S/C17H20BrN3O4S/c1-23-10-2-9-19-17(26)21-20-16(22)15-8-7-14(25-15)11-24-13-5-3-12(18)4-6-13/h3-8H,2,9-11H2,1H3,(H,20,22)(H2,19,21,26). The van der Waals surface area contributed by atoms with Gasteiger partial charge in [-0.05, 0) is 55.0 Å². The van der Waals surface area contributed by atoms with Crippen LogP contribution in [0.5, 0.6) is 5.75 Å². The Morgan fingerprint density at radius 2 is 1.96 bits per heavy atom. The summed E-state index contributed by atoms with van der Waals surface area (Å²) in [4.78, 5) is 12.0. The minimum absolute atomic E-state index is 0.161. The Labute approximate surface area is 165 Å². The molecule has 0 aliphatic carbocycles. The highest BCUT2D eigenvalue weighted by molar-refractivity contribution is 9.10. The number of hydrogen-bond donors (Lipinski definition) is 3. The molecular formula is C17H20BrN3O4S. The quantitative estimate of drug-likeness (QED) is 0.329. The fraction of sp³-hybridized carbons (Fsp3) is 0.294. The number of amides is 1. The number of thiocarbonyl (C=S) groups is 1.